The highest BCUT2D eigenvalue weighted by Crippen LogP contribution is 2.32. The number of likely N-dealkylation sites (N-methyl/N-ethyl adjacent to an activating group) is 2. The van der Waals surface area contributed by atoms with Crippen LogP contribution in [-0.4, -0.2) is 163 Å². The zero-order valence-electron chi connectivity index (χ0n) is 51.3. The Kier molecular flexibility index (Phi) is 28.9. The highest BCUT2D eigenvalue weighted by Gasteiger charge is 2.44. The Hall–Kier alpha value is -5.50. The summed E-state index contributed by atoms with van der Waals surface area (Å²) in [7, 11) is 8.65. The van der Waals surface area contributed by atoms with E-state index in [1.807, 2.05) is 114 Å². The summed E-state index contributed by atoms with van der Waals surface area (Å²) < 4.78 is 18.4. The second-order valence-electron chi connectivity index (χ2n) is 23.5. The van der Waals surface area contributed by atoms with Crippen LogP contribution in [0.2, 0.25) is 0 Å². The van der Waals surface area contributed by atoms with E-state index in [4.69, 9.17) is 14.2 Å². The number of thiol groups is 1. The highest BCUT2D eigenvalue weighted by molar-refractivity contribution is 7.81. The van der Waals surface area contributed by atoms with E-state index < -0.39 is 59.5 Å². The van der Waals surface area contributed by atoms with E-state index >= 15 is 0 Å². The summed E-state index contributed by atoms with van der Waals surface area (Å²) in [5.74, 6) is -3.13. The van der Waals surface area contributed by atoms with Crippen LogP contribution in [0.3, 0.4) is 0 Å². The molecule has 0 spiro atoms. The van der Waals surface area contributed by atoms with Gasteiger partial charge < -0.3 is 29.3 Å². The summed E-state index contributed by atoms with van der Waals surface area (Å²) >= 11 is 4.17. The van der Waals surface area contributed by atoms with Crippen LogP contribution in [0.15, 0.2) is 65.8 Å². The molecule has 4 rings (SSSR count). The van der Waals surface area contributed by atoms with Crippen LogP contribution in [0.4, 0.5) is 0 Å². The lowest BCUT2D eigenvalue weighted by Gasteiger charge is -2.41. The number of ketones is 1. The maximum absolute atomic E-state index is 14.6. The van der Waals surface area contributed by atoms with Gasteiger partial charge in [-0.05, 0) is 94.8 Å². The Balaban J connectivity index is 1.37. The van der Waals surface area contributed by atoms with Crippen molar-refractivity contribution in [3.05, 3.63) is 71.8 Å². The number of unbranched alkanes of at least 4 members (excludes halogenated alkanes) is 3. The third-order valence-corrected chi connectivity index (χ3v) is 16.9. The molecule has 19 heteroatoms. The van der Waals surface area contributed by atoms with Crippen LogP contribution < -0.4 is 10.7 Å². The molecule has 456 valence electrons. The number of hydrogen-bond donors (Lipinski definition) is 3. The number of amides is 6. The predicted octanol–water partition coefficient (Wildman–Crippen LogP) is 8.21. The van der Waals surface area contributed by atoms with Crippen molar-refractivity contribution >= 4 is 65.5 Å². The van der Waals surface area contributed by atoms with Crippen molar-refractivity contribution in [2.45, 2.75) is 193 Å². The van der Waals surface area contributed by atoms with Gasteiger partial charge in [0.05, 0.1) is 59.7 Å². The molecule has 82 heavy (non-hydrogen) atoms. The summed E-state index contributed by atoms with van der Waals surface area (Å²) in [6.45, 7) is 16.4. The number of methoxy groups -OCH3 is 2. The molecule has 2 aromatic carbocycles. The average molecular weight is 1160 g/mol. The van der Waals surface area contributed by atoms with E-state index in [2.05, 4.69) is 35.4 Å². The second kappa shape index (κ2) is 34.3. The molecule has 2 aromatic rings. The highest BCUT2D eigenvalue weighted by atomic mass is 32.1. The van der Waals surface area contributed by atoms with Gasteiger partial charge in [0.25, 0.3) is 0 Å². The lowest BCUT2D eigenvalue weighted by atomic mass is 9.83. The zero-order valence-corrected chi connectivity index (χ0v) is 52.2. The van der Waals surface area contributed by atoms with Gasteiger partial charge in [0.2, 0.25) is 35.4 Å². The number of likely N-dealkylation sites (tertiary alicyclic amines) is 2. The first-order valence-electron chi connectivity index (χ1n) is 29.8. The lowest BCUT2D eigenvalue weighted by Crippen LogP contribution is -2.54. The largest absolute Gasteiger partial charge is 0.455 e. The summed E-state index contributed by atoms with van der Waals surface area (Å²) in [6, 6.07) is 16.9. The fourth-order valence-corrected chi connectivity index (χ4v) is 12.1. The fourth-order valence-electron chi connectivity index (χ4n) is 11.8. The van der Waals surface area contributed by atoms with Crippen LogP contribution in [0, 0.1) is 29.6 Å². The molecule has 2 heterocycles. The lowest BCUT2D eigenvalue weighted by molar-refractivity contribution is -0.152. The molecule has 2 fully saturated rings. The Morgan fingerprint density at radius 1 is 0.793 bits per heavy atom. The number of esters is 1. The predicted molar refractivity (Wildman–Crippen MR) is 321 cm³/mol. The zero-order chi connectivity index (χ0) is 60.8. The van der Waals surface area contributed by atoms with Gasteiger partial charge in [-0.15, -0.1) is 0 Å². The molecule has 0 saturated carbocycles. The number of carbonyl (C=O) groups is 8. The van der Waals surface area contributed by atoms with Gasteiger partial charge in [-0.25, -0.2) is 5.43 Å². The molecule has 0 aliphatic carbocycles. The number of nitrogens with one attached hydrogen (secondary N) is 2. The normalized spacial score (nSPS) is 19.1. The molecule has 1 unspecified atom stereocenters. The molecule has 0 bridgehead atoms. The van der Waals surface area contributed by atoms with Crippen LogP contribution >= 0.6 is 12.6 Å². The maximum Gasteiger partial charge on any atom is 0.306 e. The van der Waals surface area contributed by atoms with E-state index in [9.17, 15) is 38.4 Å². The first-order valence-corrected chi connectivity index (χ1v) is 30.3. The average Bonchev–Trinajstić information content (AvgIpc) is 4.03. The van der Waals surface area contributed by atoms with E-state index in [0.29, 0.717) is 75.7 Å². The molecule has 0 radical (unpaired) electrons. The van der Waals surface area contributed by atoms with Gasteiger partial charge >= 0.3 is 5.97 Å². The first-order chi connectivity index (χ1) is 39.0. The number of benzene rings is 2. The Morgan fingerprint density at radius 3 is 2.00 bits per heavy atom. The quantitative estimate of drug-likeness (QED) is 0.0149. The van der Waals surface area contributed by atoms with Crippen molar-refractivity contribution in [2.75, 3.05) is 48.5 Å². The number of hydrogen-bond acceptors (Lipinski definition) is 14. The van der Waals surface area contributed by atoms with E-state index in [1.54, 1.807) is 44.9 Å². The summed E-state index contributed by atoms with van der Waals surface area (Å²) in [5, 5.41) is 7.01. The number of ether oxygens (including phenoxy) is 3. The minimum atomic E-state index is -0.821. The van der Waals surface area contributed by atoms with Gasteiger partial charge in [-0.2, -0.15) is 17.7 Å². The van der Waals surface area contributed by atoms with Gasteiger partial charge in [-0.1, -0.05) is 122 Å². The molecule has 2 N–H and O–H groups in total. The number of rotatable bonds is 35. The Morgan fingerprint density at radius 2 is 1.43 bits per heavy atom. The smallest absolute Gasteiger partial charge is 0.306 e. The van der Waals surface area contributed by atoms with Gasteiger partial charge in [0.1, 0.15) is 6.10 Å². The molecule has 2 aliphatic heterocycles. The minimum Gasteiger partial charge on any atom is -0.455 e. The van der Waals surface area contributed by atoms with Crippen molar-refractivity contribution in [2.24, 2.45) is 34.7 Å². The summed E-state index contributed by atoms with van der Waals surface area (Å²) in [4.78, 5) is 114. The van der Waals surface area contributed by atoms with Crippen LogP contribution in [0.5, 0.6) is 0 Å². The molecular weight excluding hydrogens is 1060 g/mol. The number of imide groups is 1. The maximum atomic E-state index is 14.6. The Labute approximate surface area is 494 Å². The minimum absolute atomic E-state index is 0.00405. The molecule has 6 amide bonds. The second-order valence-corrected chi connectivity index (χ2v) is 24.1. The first kappa shape index (κ1) is 69.0. The number of hydrazone groups is 1. The van der Waals surface area contributed by atoms with Crippen LogP contribution in [0.1, 0.15) is 163 Å². The fraction of sp³-hybridized carbons (Fsp3) is 0.667. The van der Waals surface area contributed by atoms with Crippen molar-refractivity contribution < 1.29 is 52.6 Å². The van der Waals surface area contributed by atoms with Gasteiger partial charge in [0, 0.05) is 66.0 Å². The number of nitrogens with zero attached hydrogens (tertiary/aromatic N) is 5. The standard InChI is InChI=1S/C63H97N7O11S/c1-14-42(6)58(68(11)62(77)47(40(2)3)37-50(71)57(41(4)5)67(9)10)51(79-12)38-54(73)69-36-26-32-49(69)59(80-13)43(7)61(76)64-44(8)60(46-29-20-16-21-30-46)81-56(75)34-24-23-31-48(45-27-18-15-19-28-45)65-66-53(72)33-22-17-25-35-70-55(74)39-52(82)63(70)78/h15-16,18-21,27-30,40-44,47,49,51-52,57-60,82H,14,17,22-26,31-39H2,1-13H3,(H,64,76)(H,66,72)/b65-48-/t42-,43+,44-,47-,49-,51+,52?,57-,58-,59+,60-/m0/s1. The van der Waals surface area contributed by atoms with Crippen molar-refractivity contribution in [1.82, 2.24) is 30.3 Å². The Bertz CT molecular complexity index is 2420. The summed E-state index contributed by atoms with van der Waals surface area (Å²) in [5.41, 5.74) is 4.89. The molecule has 0 aromatic heterocycles. The third-order valence-electron chi connectivity index (χ3n) is 16.5. The molecule has 2 saturated heterocycles. The monoisotopic (exact) mass is 1160 g/mol. The van der Waals surface area contributed by atoms with Gasteiger partial charge in [0.15, 0.2) is 5.78 Å². The molecule has 2 aliphatic rings. The van der Waals surface area contributed by atoms with E-state index in [1.165, 1.54) is 4.90 Å². The summed E-state index contributed by atoms with van der Waals surface area (Å²) in [6.07, 6.45) is 3.77. The van der Waals surface area contributed by atoms with Crippen molar-refractivity contribution in [1.29, 1.82) is 0 Å². The van der Waals surface area contributed by atoms with E-state index in [0.717, 1.165) is 12.0 Å². The van der Waals surface area contributed by atoms with Crippen molar-refractivity contribution in [3.8, 4) is 0 Å². The molecular formula is C63H97N7O11S. The third kappa shape index (κ3) is 19.8. The SMILES string of the molecule is CC[C@H](C)[C@@H]([C@@H](CC(=O)N1CCC[C@H]1[C@H](OC)[C@@H](C)C(=O)N[C@@H](C)[C@H](OC(=O)CCCC/C(=N/NC(=O)CCCCCN1C(=O)CC(S)C1=O)c1ccccc1)c1ccccc1)OC)N(C)C(=O)[C@@H](CC(=O)[C@H](C(C)C)N(C)C)C(C)C. The number of Topliss-reactive ketones (excluding diaryl/α,β-unsaturated/α-hetero) is 1. The van der Waals surface area contributed by atoms with Crippen LogP contribution in [0.25, 0.3) is 0 Å². The van der Waals surface area contributed by atoms with Crippen LogP contribution in [-0.2, 0) is 52.6 Å². The number of carbonyl (C=O) groups excluding carboxylic acids is 8. The molecule has 18 nitrogen and oxygen atoms in total. The van der Waals surface area contributed by atoms with Crippen molar-refractivity contribution in [3.63, 3.8) is 0 Å². The van der Waals surface area contributed by atoms with E-state index in [-0.39, 0.29) is 97.1 Å². The molecule has 11 atom stereocenters. The van der Waals surface area contributed by atoms with Gasteiger partial charge in [-0.3, -0.25) is 48.2 Å². The topological polar surface area (TPSA) is 214 Å².